The Morgan fingerprint density at radius 3 is 3.00 bits per heavy atom. The van der Waals surface area contributed by atoms with Crippen LogP contribution in [0, 0.1) is 11.3 Å². The van der Waals surface area contributed by atoms with Crippen LogP contribution in [0.3, 0.4) is 0 Å². The molecule has 1 N–H and O–H groups in total. The minimum Gasteiger partial charge on any atom is -0.353 e. The third-order valence-corrected chi connectivity index (χ3v) is 5.19. The maximum absolute atomic E-state index is 14.5. The smallest absolute Gasteiger partial charge is 0.289 e. The predicted octanol–water partition coefficient (Wildman–Crippen LogP) is 1.69. The summed E-state index contributed by atoms with van der Waals surface area (Å²) in [6.07, 6.45) is 3.47. The van der Waals surface area contributed by atoms with Crippen molar-refractivity contribution in [2.24, 2.45) is 0 Å². The van der Waals surface area contributed by atoms with Crippen LogP contribution >= 0.6 is 0 Å². The minimum absolute atomic E-state index is 0.00549. The zero-order valence-corrected chi connectivity index (χ0v) is 13.4. The van der Waals surface area contributed by atoms with Gasteiger partial charge in [-0.1, -0.05) is 0 Å². The van der Waals surface area contributed by atoms with E-state index in [0.29, 0.717) is 24.4 Å². The second kappa shape index (κ2) is 5.37. The molecule has 2 aromatic rings. The molecule has 2 fully saturated rings. The standard InChI is InChI=1S/C16H16F2N6O/c17-16(18)9-24(12(25)2-5-19)15(16)4-1-7-23(8-15)14-11-3-6-20-13(11)21-10-22-14/h3,6,10H,1-2,4,7-9H2,(H,20,21,22)/t15-/m1/s1. The number of aromatic amines is 1. The molecule has 2 aliphatic rings. The Morgan fingerprint density at radius 1 is 1.40 bits per heavy atom. The Kier molecular flexibility index (Phi) is 3.39. The maximum Gasteiger partial charge on any atom is 0.289 e. The lowest BCUT2D eigenvalue weighted by molar-refractivity contribution is -0.243. The van der Waals surface area contributed by atoms with Gasteiger partial charge in [0, 0.05) is 19.3 Å². The second-order valence-corrected chi connectivity index (χ2v) is 6.51. The van der Waals surface area contributed by atoms with Crippen molar-refractivity contribution < 1.29 is 13.6 Å². The van der Waals surface area contributed by atoms with Crippen molar-refractivity contribution in [3.05, 3.63) is 18.6 Å². The van der Waals surface area contributed by atoms with Crippen LogP contribution < -0.4 is 4.90 Å². The molecule has 0 aliphatic carbocycles. The molecule has 1 amide bonds. The average Bonchev–Trinajstić information content (AvgIpc) is 3.08. The molecule has 9 heteroatoms. The van der Waals surface area contributed by atoms with Crippen molar-refractivity contribution in [2.45, 2.75) is 30.7 Å². The number of aromatic nitrogens is 3. The van der Waals surface area contributed by atoms with Gasteiger partial charge in [0.1, 0.15) is 29.8 Å². The molecule has 1 spiro atoms. The van der Waals surface area contributed by atoms with E-state index in [1.165, 1.54) is 11.2 Å². The average molecular weight is 346 g/mol. The zero-order valence-electron chi connectivity index (χ0n) is 13.4. The van der Waals surface area contributed by atoms with Gasteiger partial charge in [-0.25, -0.2) is 18.7 Å². The Balaban J connectivity index is 1.69. The number of piperidine rings is 1. The molecule has 0 saturated carbocycles. The molecule has 2 saturated heterocycles. The Hall–Kier alpha value is -2.76. The van der Waals surface area contributed by atoms with Crippen LogP contribution in [0.25, 0.3) is 11.0 Å². The summed E-state index contributed by atoms with van der Waals surface area (Å²) in [4.78, 5) is 26.5. The van der Waals surface area contributed by atoms with E-state index in [2.05, 4.69) is 15.0 Å². The van der Waals surface area contributed by atoms with Gasteiger partial charge in [-0.15, -0.1) is 0 Å². The molecule has 0 bridgehead atoms. The Labute approximate surface area is 142 Å². The van der Waals surface area contributed by atoms with E-state index in [1.54, 1.807) is 17.2 Å². The molecule has 2 aliphatic heterocycles. The monoisotopic (exact) mass is 346 g/mol. The maximum atomic E-state index is 14.5. The number of likely N-dealkylation sites (tertiary alicyclic amines) is 1. The number of halogens is 2. The summed E-state index contributed by atoms with van der Waals surface area (Å²) in [5.41, 5.74) is -0.922. The van der Waals surface area contributed by atoms with E-state index in [4.69, 9.17) is 5.26 Å². The highest BCUT2D eigenvalue weighted by Crippen LogP contribution is 2.50. The summed E-state index contributed by atoms with van der Waals surface area (Å²) in [7, 11) is 0. The third kappa shape index (κ3) is 2.17. The van der Waals surface area contributed by atoms with Crippen LogP contribution in [0.4, 0.5) is 14.6 Å². The van der Waals surface area contributed by atoms with E-state index in [9.17, 15) is 13.6 Å². The lowest BCUT2D eigenvalue weighted by atomic mass is 9.74. The summed E-state index contributed by atoms with van der Waals surface area (Å²) >= 11 is 0. The quantitative estimate of drug-likeness (QED) is 0.894. The number of nitrogens with zero attached hydrogens (tertiary/aromatic N) is 5. The summed E-state index contributed by atoms with van der Waals surface area (Å²) in [5, 5.41) is 9.49. The van der Waals surface area contributed by atoms with Crippen molar-refractivity contribution in [3.63, 3.8) is 0 Å². The van der Waals surface area contributed by atoms with Crippen molar-refractivity contribution in [3.8, 4) is 6.07 Å². The number of nitriles is 1. The molecule has 1 atom stereocenters. The van der Waals surface area contributed by atoms with Crippen LogP contribution in [0.2, 0.25) is 0 Å². The van der Waals surface area contributed by atoms with Gasteiger partial charge >= 0.3 is 0 Å². The number of hydrogen-bond donors (Lipinski definition) is 1. The number of nitrogens with one attached hydrogen (secondary N) is 1. The molecule has 7 nitrogen and oxygen atoms in total. The first-order valence-corrected chi connectivity index (χ1v) is 8.07. The van der Waals surface area contributed by atoms with Gasteiger partial charge in [0.25, 0.3) is 5.92 Å². The van der Waals surface area contributed by atoms with Gasteiger partial charge in [0.2, 0.25) is 5.91 Å². The molecule has 0 unspecified atom stereocenters. The molecular formula is C16H16F2N6O. The highest BCUT2D eigenvalue weighted by Gasteiger charge is 2.69. The van der Waals surface area contributed by atoms with Crippen LogP contribution in [0.15, 0.2) is 18.6 Å². The van der Waals surface area contributed by atoms with Crippen LogP contribution in [0.1, 0.15) is 19.3 Å². The van der Waals surface area contributed by atoms with Gasteiger partial charge in [-0.3, -0.25) is 4.79 Å². The number of anilines is 1. The number of fused-ring (bicyclic) bond motifs is 1. The third-order valence-electron chi connectivity index (χ3n) is 5.19. The SMILES string of the molecule is N#CCC(=O)N1CC(F)(F)[C@]12CCCN(c1ncnc3[nH]ccc13)C2. The van der Waals surface area contributed by atoms with Crippen molar-refractivity contribution in [2.75, 3.05) is 24.5 Å². The summed E-state index contributed by atoms with van der Waals surface area (Å²) in [6, 6.07) is 3.56. The first kappa shape index (κ1) is 15.7. The first-order valence-electron chi connectivity index (χ1n) is 8.07. The van der Waals surface area contributed by atoms with E-state index in [-0.39, 0.29) is 19.4 Å². The molecule has 130 valence electrons. The largest absolute Gasteiger partial charge is 0.353 e. The van der Waals surface area contributed by atoms with Crippen LogP contribution in [0.5, 0.6) is 0 Å². The number of rotatable bonds is 2. The fourth-order valence-corrected chi connectivity index (χ4v) is 3.94. The number of H-pyrrole nitrogens is 1. The van der Waals surface area contributed by atoms with E-state index >= 15 is 0 Å². The topological polar surface area (TPSA) is 88.9 Å². The Morgan fingerprint density at radius 2 is 2.24 bits per heavy atom. The minimum atomic E-state index is -2.97. The van der Waals surface area contributed by atoms with E-state index in [1.807, 2.05) is 6.07 Å². The van der Waals surface area contributed by atoms with Gasteiger partial charge in [-0.2, -0.15) is 5.26 Å². The molecule has 2 aromatic heterocycles. The number of carbonyl (C=O) groups is 1. The normalized spacial score (nSPS) is 25.0. The van der Waals surface area contributed by atoms with Crippen LogP contribution in [-0.4, -0.2) is 56.9 Å². The number of hydrogen-bond acceptors (Lipinski definition) is 5. The molecule has 4 heterocycles. The van der Waals surface area contributed by atoms with E-state index in [0.717, 1.165) is 5.39 Å². The first-order chi connectivity index (χ1) is 12.0. The predicted molar refractivity (Wildman–Crippen MR) is 85.0 cm³/mol. The van der Waals surface area contributed by atoms with E-state index < -0.39 is 23.9 Å². The molecular weight excluding hydrogens is 330 g/mol. The Bertz CT molecular complexity index is 875. The summed E-state index contributed by atoms with van der Waals surface area (Å²) in [6.45, 7) is -0.0471. The highest BCUT2D eigenvalue weighted by molar-refractivity contribution is 5.87. The number of alkyl halides is 2. The van der Waals surface area contributed by atoms with Gasteiger partial charge < -0.3 is 14.8 Å². The van der Waals surface area contributed by atoms with Crippen molar-refractivity contribution >= 4 is 22.8 Å². The second-order valence-electron chi connectivity index (χ2n) is 6.51. The molecule has 4 rings (SSSR count). The summed E-state index contributed by atoms with van der Waals surface area (Å²) in [5.74, 6) is -2.92. The zero-order chi connectivity index (χ0) is 17.7. The lowest BCUT2D eigenvalue weighted by Crippen LogP contribution is -2.80. The fraction of sp³-hybridized carbons (Fsp3) is 0.500. The fourth-order valence-electron chi connectivity index (χ4n) is 3.94. The lowest BCUT2D eigenvalue weighted by Gasteiger charge is -2.61. The van der Waals surface area contributed by atoms with Gasteiger partial charge in [0.05, 0.1) is 18.0 Å². The molecule has 0 radical (unpaired) electrons. The van der Waals surface area contributed by atoms with Gasteiger partial charge in [-0.05, 0) is 18.9 Å². The summed E-state index contributed by atoms with van der Waals surface area (Å²) < 4.78 is 29.1. The van der Waals surface area contributed by atoms with Crippen molar-refractivity contribution in [1.82, 2.24) is 19.9 Å². The molecule has 25 heavy (non-hydrogen) atoms. The van der Waals surface area contributed by atoms with Gasteiger partial charge in [0.15, 0.2) is 0 Å². The van der Waals surface area contributed by atoms with Crippen LogP contribution in [-0.2, 0) is 4.79 Å². The van der Waals surface area contributed by atoms with Crippen molar-refractivity contribution in [1.29, 1.82) is 5.26 Å². The number of carbonyl (C=O) groups excluding carboxylic acids is 1. The molecule has 0 aromatic carbocycles. The highest BCUT2D eigenvalue weighted by atomic mass is 19.3. The number of amides is 1.